The molecule has 2 unspecified atom stereocenters. The highest BCUT2D eigenvalue weighted by atomic mass is 16.3. The van der Waals surface area contributed by atoms with Crippen LogP contribution < -0.4 is 0 Å². The lowest BCUT2D eigenvalue weighted by Crippen LogP contribution is -2.21. The van der Waals surface area contributed by atoms with Gasteiger partial charge in [0.1, 0.15) is 11.8 Å². The Morgan fingerprint density at radius 3 is 2.67 bits per heavy atom. The van der Waals surface area contributed by atoms with Crippen molar-refractivity contribution in [3.8, 4) is 6.07 Å². The molecule has 0 spiro atoms. The van der Waals surface area contributed by atoms with Gasteiger partial charge in [-0.15, -0.1) is 0 Å². The molecule has 0 aliphatic carbocycles. The van der Waals surface area contributed by atoms with E-state index >= 15 is 0 Å². The first kappa shape index (κ1) is 11.6. The van der Waals surface area contributed by atoms with Crippen LogP contribution in [0.4, 0.5) is 0 Å². The number of aliphatic hydroxyl groups is 2. The van der Waals surface area contributed by atoms with Crippen LogP contribution in [0.25, 0.3) is 0 Å². The van der Waals surface area contributed by atoms with Gasteiger partial charge in [0.25, 0.3) is 0 Å². The Morgan fingerprint density at radius 2 is 2.27 bits per heavy atom. The summed E-state index contributed by atoms with van der Waals surface area (Å²) in [6.07, 6.45) is 1.52. The molecule has 2 N–H and O–H groups in total. The van der Waals surface area contributed by atoms with Crippen molar-refractivity contribution in [3.63, 3.8) is 0 Å². The second-order valence-electron chi connectivity index (χ2n) is 3.35. The molecule has 4 nitrogen and oxygen atoms in total. The van der Waals surface area contributed by atoms with Crippen LogP contribution in [0.2, 0.25) is 0 Å². The third kappa shape index (κ3) is 2.75. The summed E-state index contributed by atoms with van der Waals surface area (Å²) in [6.45, 7) is 1.73. The minimum atomic E-state index is -0.579. The lowest BCUT2D eigenvalue weighted by atomic mass is 9.94. The predicted octanol–water partition coefficient (Wildman–Crippen LogP) is 0.800. The van der Waals surface area contributed by atoms with Crippen molar-refractivity contribution in [1.29, 1.82) is 5.26 Å². The van der Waals surface area contributed by atoms with Crippen LogP contribution in [0.3, 0.4) is 0 Å². The largest absolute Gasteiger partial charge is 0.396 e. The van der Waals surface area contributed by atoms with Gasteiger partial charge in [0.05, 0.1) is 12.7 Å². The van der Waals surface area contributed by atoms with Gasteiger partial charge in [0.15, 0.2) is 0 Å². The number of rotatable bonds is 4. The molecule has 1 aromatic rings. The van der Waals surface area contributed by atoms with E-state index in [2.05, 4.69) is 4.98 Å². The first-order chi connectivity index (χ1) is 7.22. The normalized spacial score (nSPS) is 14.3. The summed E-state index contributed by atoms with van der Waals surface area (Å²) in [5, 5.41) is 27.4. The van der Waals surface area contributed by atoms with Gasteiger partial charge < -0.3 is 10.2 Å². The minimum Gasteiger partial charge on any atom is -0.396 e. The van der Waals surface area contributed by atoms with Crippen molar-refractivity contribution >= 4 is 0 Å². The summed E-state index contributed by atoms with van der Waals surface area (Å²) < 4.78 is 0. The molecule has 4 heteroatoms. The lowest BCUT2D eigenvalue weighted by Gasteiger charge is -2.19. The second-order valence-corrected chi connectivity index (χ2v) is 3.35. The van der Waals surface area contributed by atoms with E-state index in [1.54, 1.807) is 12.1 Å². The van der Waals surface area contributed by atoms with E-state index in [0.717, 1.165) is 5.56 Å². The van der Waals surface area contributed by atoms with Crippen LogP contribution in [-0.2, 0) is 0 Å². The van der Waals surface area contributed by atoms with Crippen LogP contribution >= 0.6 is 0 Å². The highest BCUT2D eigenvalue weighted by molar-refractivity contribution is 5.25. The Bertz CT molecular complexity index is 343. The van der Waals surface area contributed by atoms with Gasteiger partial charge in [-0.25, -0.2) is 4.98 Å². The van der Waals surface area contributed by atoms with E-state index in [1.807, 2.05) is 13.0 Å². The molecule has 0 bridgehead atoms. The van der Waals surface area contributed by atoms with E-state index < -0.39 is 6.10 Å². The predicted molar refractivity (Wildman–Crippen MR) is 55.1 cm³/mol. The fraction of sp³-hybridized carbons (Fsp3) is 0.455. The molecule has 1 heterocycles. The van der Waals surface area contributed by atoms with Crippen LogP contribution in [0.15, 0.2) is 18.3 Å². The van der Waals surface area contributed by atoms with Crippen molar-refractivity contribution in [3.05, 3.63) is 29.6 Å². The van der Waals surface area contributed by atoms with Crippen molar-refractivity contribution in [2.24, 2.45) is 0 Å². The van der Waals surface area contributed by atoms with Gasteiger partial charge in [-0.05, 0) is 18.1 Å². The molecule has 0 amide bonds. The number of pyridine rings is 1. The molecule has 80 valence electrons. The Morgan fingerprint density at radius 1 is 1.53 bits per heavy atom. The Labute approximate surface area is 88.8 Å². The van der Waals surface area contributed by atoms with Gasteiger partial charge in [-0.2, -0.15) is 5.26 Å². The topological polar surface area (TPSA) is 77.1 Å². The summed E-state index contributed by atoms with van der Waals surface area (Å²) in [7, 11) is 0. The first-order valence-corrected chi connectivity index (χ1v) is 4.87. The van der Waals surface area contributed by atoms with Crippen LogP contribution in [0, 0.1) is 11.3 Å². The number of aromatic nitrogens is 1. The van der Waals surface area contributed by atoms with Crippen LogP contribution in [0.5, 0.6) is 0 Å². The Kier molecular flexibility index (Phi) is 4.22. The minimum absolute atomic E-state index is 0.122. The van der Waals surface area contributed by atoms with E-state index in [1.165, 1.54) is 6.20 Å². The number of hydrogen-bond donors (Lipinski definition) is 2. The molecule has 1 aromatic heterocycles. The molecule has 0 aliphatic rings. The summed E-state index contributed by atoms with van der Waals surface area (Å²) in [6, 6.07) is 5.22. The molecule has 0 radical (unpaired) electrons. The van der Waals surface area contributed by atoms with Crippen molar-refractivity contribution < 1.29 is 10.2 Å². The summed E-state index contributed by atoms with van der Waals surface area (Å²) >= 11 is 0. The van der Waals surface area contributed by atoms with Gasteiger partial charge in [-0.3, -0.25) is 0 Å². The smallest absolute Gasteiger partial charge is 0.140 e. The number of nitriles is 1. The fourth-order valence-corrected chi connectivity index (χ4v) is 1.42. The highest BCUT2D eigenvalue weighted by Gasteiger charge is 2.18. The fourth-order valence-electron chi connectivity index (χ4n) is 1.42. The third-order valence-corrected chi connectivity index (χ3v) is 2.41. The molecule has 2 atom stereocenters. The van der Waals surface area contributed by atoms with Crippen LogP contribution in [-0.4, -0.2) is 27.9 Å². The number of hydrogen-bond acceptors (Lipinski definition) is 4. The zero-order chi connectivity index (χ0) is 11.3. The number of aliphatic hydroxyl groups excluding tert-OH is 2. The maximum atomic E-state index is 9.64. The monoisotopic (exact) mass is 206 g/mol. The zero-order valence-electron chi connectivity index (χ0n) is 8.59. The van der Waals surface area contributed by atoms with Gasteiger partial charge in [-0.1, -0.05) is 13.0 Å². The summed E-state index contributed by atoms with van der Waals surface area (Å²) in [5.74, 6) is -0.324. The Balaban J connectivity index is 2.89. The quantitative estimate of drug-likeness (QED) is 0.763. The first-order valence-electron chi connectivity index (χ1n) is 4.87. The molecular formula is C11H14N2O2. The van der Waals surface area contributed by atoms with Gasteiger partial charge in [0, 0.05) is 12.1 Å². The second kappa shape index (κ2) is 5.44. The van der Waals surface area contributed by atoms with Crippen molar-refractivity contribution in [1.82, 2.24) is 4.98 Å². The Hall–Kier alpha value is -1.44. The maximum Gasteiger partial charge on any atom is 0.140 e. The van der Waals surface area contributed by atoms with E-state index in [4.69, 9.17) is 10.4 Å². The molecular weight excluding hydrogens is 192 g/mol. The molecule has 0 aliphatic heterocycles. The van der Waals surface area contributed by atoms with Gasteiger partial charge >= 0.3 is 0 Å². The van der Waals surface area contributed by atoms with Gasteiger partial charge in [0.2, 0.25) is 0 Å². The average molecular weight is 206 g/mol. The highest BCUT2D eigenvalue weighted by Crippen LogP contribution is 2.20. The van der Waals surface area contributed by atoms with E-state index in [0.29, 0.717) is 12.1 Å². The molecule has 0 saturated carbocycles. The summed E-state index contributed by atoms with van der Waals surface area (Å²) in [5.41, 5.74) is 1.09. The standard InChI is InChI=1S/C11H14N2O2/c1-2-11(15)10(7-14)8-3-4-9(5-12)13-6-8/h3-4,6,10-11,14-15H,2,7H2,1H3. The maximum absolute atomic E-state index is 9.64. The van der Waals surface area contributed by atoms with E-state index in [9.17, 15) is 5.11 Å². The molecule has 0 aromatic carbocycles. The zero-order valence-corrected chi connectivity index (χ0v) is 8.59. The lowest BCUT2D eigenvalue weighted by molar-refractivity contribution is 0.103. The average Bonchev–Trinajstić information content (AvgIpc) is 2.30. The van der Waals surface area contributed by atoms with Crippen molar-refractivity contribution in [2.45, 2.75) is 25.4 Å². The van der Waals surface area contributed by atoms with Crippen molar-refractivity contribution in [2.75, 3.05) is 6.61 Å². The van der Waals surface area contributed by atoms with Crippen LogP contribution in [0.1, 0.15) is 30.5 Å². The SMILES string of the molecule is CCC(O)C(CO)c1ccc(C#N)nc1. The summed E-state index contributed by atoms with van der Waals surface area (Å²) in [4.78, 5) is 3.90. The molecule has 1 rings (SSSR count). The number of nitrogens with zero attached hydrogens (tertiary/aromatic N) is 2. The van der Waals surface area contributed by atoms with E-state index in [-0.39, 0.29) is 12.5 Å². The molecule has 0 fully saturated rings. The molecule has 0 saturated heterocycles. The third-order valence-electron chi connectivity index (χ3n) is 2.41. The molecule has 15 heavy (non-hydrogen) atoms.